The predicted molar refractivity (Wildman–Crippen MR) is 40.0 cm³/mol. The second-order valence-electron chi connectivity index (χ2n) is 2.16. The average Bonchev–Trinajstić information content (AvgIpc) is 2.41. The van der Waals surface area contributed by atoms with Crippen molar-refractivity contribution in [1.82, 2.24) is 10.6 Å². The molecule has 0 saturated heterocycles. The number of rotatable bonds is 3. The van der Waals surface area contributed by atoms with Crippen LogP contribution in [0.5, 0.6) is 0 Å². The third-order valence-corrected chi connectivity index (χ3v) is 1.30. The van der Waals surface area contributed by atoms with Crippen molar-refractivity contribution in [2.24, 2.45) is 4.99 Å². The molecule has 0 spiro atoms. The Hall–Kier alpha value is -0.770. The van der Waals surface area contributed by atoms with E-state index in [0.717, 1.165) is 32.0 Å². The summed E-state index contributed by atoms with van der Waals surface area (Å²) in [4.78, 5) is 4.12. The molecule has 4 nitrogen and oxygen atoms in total. The van der Waals surface area contributed by atoms with Gasteiger partial charge in [0, 0.05) is 19.7 Å². The molecule has 1 heterocycles. The molecule has 1 aliphatic heterocycles. The molecular weight excluding hydrogens is 130 g/mol. The molecule has 1 aliphatic rings. The lowest BCUT2D eigenvalue weighted by Gasteiger charge is -2.03. The van der Waals surface area contributed by atoms with Crippen molar-refractivity contribution < 1.29 is 5.11 Å². The quantitative estimate of drug-likeness (QED) is 0.440. The summed E-state index contributed by atoms with van der Waals surface area (Å²) < 4.78 is 0. The van der Waals surface area contributed by atoms with Crippen LogP contribution in [-0.2, 0) is 0 Å². The van der Waals surface area contributed by atoms with Crippen LogP contribution in [0.1, 0.15) is 6.42 Å². The minimum atomic E-state index is 0.236. The Kier molecular flexibility index (Phi) is 3.02. The first kappa shape index (κ1) is 7.34. The highest BCUT2D eigenvalue weighted by Gasteiger charge is 2.01. The number of aliphatic hydroxyl groups is 1. The maximum Gasteiger partial charge on any atom is 0.191 e. The second-order valence-corrected chi connectivity index (χ2v) is 2.16. The molecule has 58 valence electrons. The summed E-state index contributed by atoms with van der Waals surface area (Å²) in [5, 5.41) is 14.6. The Morgan fingerprint density at radius 3 is 3.20 bits per heavy atom. The summed E-state index contributed by atoms with van der Waals surface area (Å²) >= 11 is 0. The van der Waals surface area contributed by atoms with Gasteiger partial charge >= 0.3 is 0 Å². The third-order valence-electron chi connectivity index (χ3n) is 1.30. The zero-order valence-corrected chi connectivity index (χ0v) is 5.93. The number of nitrogens with zero attached hydrogens (tertiary/aromatic N) is 1. The number of hydrogen-bond acceptors (Lipinski definition) is 4. The molecule has 0 atom stereocenters. The molecular formula is C6H13N3O. The molecule has 0 aliphatic carbocycles. The highest BCUT2D eigenvalue weighted by molar-refractivity contribution is 5.81. The SMILES string of the molecule is OCCCNC1=NCCN1. The van der Waals surface area contributed by atoms with E-state index >= 15 is 0 Å². The standard InChI is InChI=1S/C6H13N3O/c10-5-1-2-7-6-8-3-4-9-6/h10H,1-5H2,(H2,7,8,9). The van der Waals surface area contributed by atoms with Crippen molar-refractivity contribution in [3.8, 4) is 0 Å². The first-order valence-electron chi connectivity index (χ1n) is 3.56. The number of aliphatic hydroxyl groups excluding tert-OH is 1. The van der Waals surface area contributed by atoms with E-state index in [1.165, 1.54) is 0 Å². The van der Waals surface area contributed by atoms with Crippen LogP contribution in [0.15, 0.2) is 4.99 Å². The molecule has 1 rings (SSSR count). The van der Waals surface area contributed by atoms with Gasteiger partial charge in [-0.1, -0.05) is 0 Å². The number of nitrogens with one attached hydrogen (secondary N) is 2. The number of guanidine groups is 1. The van der Waals surface area contributed by atoms with Crippen LogP contribution >= 0.6 is 0 Å². The molecule has 0 aromatic carbocycles. The van der Waals surface area contributed by atoms with Crippen molar-refractivity contribution in [2.45, 2.75) is 6.42 Å². The molecule has 10 heavy (non-hydrogen) atoms. The van der Waals surface area contributed by atoms with Gasteiger partial charge in [-0.05, 0) is 6.42 Å². The van der Waals surface area contributed by atoms with E-state index in [-0.39, 0.29) is 6.61 Å². The normalized spacial score (nSPS) is 16.3. The number of hydrogen-bond donors (Lipinski definition) is 3. The summed E-state index contributed by atoms with van der Waals surface area (Å²) in [6, 6.07) is 0. The van der Waals surface area contributed by atoms with E-state index in [1.807, 2.05) is 0 Å². The van der Waals surface area contributed by atoms with Gasteiger partial charge in [-0.2, -0.15) is 0 Å². The summed E-state index contributed by atoms with van der Waals surface area (Å²) in [7, 11) is 0. The van der Waals surface area contributed by atoms with Gasteiger partial charge in [0.1, 0.15) is 0 Å². The molecule has 0 saturated carbocycles. The van der Waals surface area contributed by atoms with Crippen molar-refractivity contribution in [1.29, 1.82) is 0 Å². The largest absolute Gasteiger partial charge is 0.396 e. The number of aliphatic imine (C=N–C) groups is 1. The van der Waals surface area contributed by atoms with Gasteiger partial charge in [0.2, 0.25) is 0 Å². The molecule has 0 fully saturated rings. The summed E-state index contributed by atoms with van der Waals surface area (Å²) in [5.74, 6) is 0.869. The minimum absolute atomic E-state index is 0.236. The molecule has 0 aromatic heterocycles. The van der Waals surface area contributed by atoms with Crippen LogP contribution in [0.3, 0.4) is 0 Å². The zero-order chi connectivity index (χ0) is 7.23. The van der Waals surface area contributed by atoms with Crippen LogP contribution in [0, 0.1) is 0 Å². The lowest BCUT2D eigenvalue weighted by Crippen LogP contribution is -2.34. The van der Waals surface area contributed by atoms with Crippen LogP contribution in [0.2, 0.25) is 0 Å². The van der Waals surface area contributed by atoms with Crippen molar-refractivity contribution >= 4 is 5.96 Å². The average molecular weight is 143 g/mol. The smallest absolute Gasteiger partial charge is 0.191 e. The predicted octanol–water partition coefficient (Wildman–Crippen LogP) is -1.08. The first-order valence-corrected chi connectivity index (χ1v) is 3.56. The Morgan fingerprint density at radius 2 is 2.60 bits per heavy atom. The van der Waals surface area contributed by atoms with E-state index in [0.29, 0.717) is 0 Å². The fraction of sp³-hybridized carbons (Fsp3) is 0.833. The lowest BCUT2D eigenvalue weighted by molar-refractivity contribution is 0.289. The molecule has 4 heteroatoms. The van der Waals surface area contributed by atoms with Crippen LogP contribution in [0.25, 0.3) is 0 Å². The van der Waals surface area contributed by atoms with Gasteiger partial charge in [0.05, 0.1) is 6.54 Å². The van der Waals surface area contributed by atoms with Gasteiger partial charge in [0.15, 0.2) is 5.96 Å². The third kappa shape index (κ3) is 2.23. The highest BCUT2D eigenvalue weighted by atomic mass is 16.3. The van der Waals surface area contributed by atoms with Gasteiger partial charge in [-0.25, -0.2) is 0 Å². The molecule has 0 amide bonds. The monoisotopic (exact) mass is 143 g/mol. The first-order chi connectivity index (χ1) is 4.93. The maximum absolute atomic E-state index is 8.44. The van der Waals surface area contributed by atoms with Crippen LogP contribution in [0.4, 0.5) is 0 Å². The van der Waals surface area contributed by atoms with Gasteiger partial charge in [-0.3, -0.25) is 4.99 Å². The summed E-state index contributed by atoms with van der Waals surface area (Å²) in [6.07, 6.45) is 0.778. The molecule has 0 bridgehead atoms. The van der Waals surface area contributed by atoms with Crippen molar-refractivity contribution in [3.05, 3.63) is 0 Å². The van der Waals surface area contributed by atoms with E-state index in [9.17, 15) is 0 Å². The van der Waals surface area contributed by atoms with Crippen molar-refractivity contribution in [3.63, 3.8) is 0 Å². The Bertz CT molecular complexity index is 124. The molecule has 0 unspecified atom stereocenters. The fourth-order valence-electron chi connectivity index (χ4n) is 0.802. The molecule has 0 radical (unpaired) electrons. The summed E-state index contributed by atoms with van der Waals surface area (Å²) in [6.45, 7) is 2.82. The van der Waals surface area contributed by atoms with Crippen molar-refractivity contribution in [2.75, 3.05) is 26.2 Å². The van der Waals surface area contributed by atoms with E-state index in [1.54, 1.807) is 0 Å². The topological polar surface area (TPSA) is 56.6 Å². The van der Waals surface area contributed by atoms with Gasteiger partial charge < -0.3 is 15.7 Å². The highest BCUT2D eigenvalue weighted by Crippen LogP contribution is 1.81. The van der Waals surface area contributed by atoms with E-state index in [2.05, 4.69) is 15.6 Å². The van der Waals surface area contributed by atoms with Crippen LogP contribution < -0.4 is 10.6 Å². The van der Waals surface area contributed by atoms with Gasteiger partial charge in [-0.15, -0.1) is 0 Å². The maximum atomic E-state index is 8.44. The molecule has 3 N–H and O–H groups in total. The zero-order valence-electron chi connectivity index (χ0n) is 5.93. The Balaban J connectivity index is 2.01. The lowest BCUT2D eigenvalue weighted by atomic mass is 10.4. The Labute approximate surface area is 60.3 Å². The molecule has 0 aromatic rings. The fourth-order valence-corrected chi connectivity index (χ4v) is 0.802. The second kappa shape index (κ2) is 4.11. The van der Waals surface area contributed by atoms with E-state index < -0.39 is 0 Å². The minimum Gasteiger partial charge on any atom is -0.396 e. The summed E-state index contributed by atoms with van der Waals surface area (Å²) in [5.41, 5.74) is 0. The van der Waals surface area contributed by atoms with Crippen LogP contribution in [-0.4, -0.2) is 37.3 Å². The van der Waals surface area contributed by atoms with E-state index in [4.69, 9.17) is 5.11 Å². The Morgan fingerprint density at radius 1 is 1.70 bits per heavy atom. The van der Waals surface area contributed by atoms with Gasteiger partial charge in [0.25, 0.3) is 0 Å².